The fraction of sp³-hybridized carbons (Fsp3) is 0.0833. The first-order valence-electron chi connectivity index (χ1n) is 5.50. The van der Waals surface area contributed by atoms with Gasteiger partial charge in [-0.3, -0.25) is 0 Å². The van der Waals surface area contributed by atoms with Crippen molar-refractivity contribution in [2.45, 2.75) is 6.54 Å². The maximum atomic E-state index is 5.44. The van der Waals surface area contributed by atoms with Crippen molar-refractivity contribution in [1.82, 2.24) is 19.9 Å². The van der Waals surface area contributed by atoms with Gasteiger partial charge in [-0.05, 0) is 18.2 Å². The quantitative estimate of drug-likeness (QED) is 0.749. The molecule has 6 nitrogen and oxygen atoms in total. The monoisotopic (exact) mass is 241 g/mol. The molecule has 0 radical (unpaired) electrons. The maximum Gasteiger partial charge on any atom is 0.240 e. The third kappa shape index (κ3) is 1.89. The fourth-order valence-electron chi connectivity index (χ4n) is 1.66. The van der Waals surface area contributed by atoms with E-state index in [2.05, 4.69) is 15.2 Å². The topological polar surface area (TPSA) is 82.8 Å². The van der Waals surface area contributed by atoms with E-state index in [0.29, 0.717) is 11.7 Å². The highest BCUT2D eigenvalue weighted by Crippen LogP contribution is 2.18. The van der Waals surface area contributed by atoms with Crippen LogP contribution in [0.1, 0.15) is 5.89 Å². The molecule has 18 heavy (non-hydrogen) atoms. The molecule has 0 bridgehead atoms. The SMILES string of the molecule is NCc1nc(-c2cccc(-n3cccn3)c2)no1. The van der Waals surface area contributed by atoms with Crippen LogP contribution in [-0.2, 0) is 6.54 Å². The Hall–Kier alpha value is -2.47. The van der Waals surface area contributed by atoms with E-state index in [1.807, 2.05) is 36.5 Å². The molecule has 0 fully saturated rings. The molecule has 0 atom stereocenters. The van der Waals surface area contributed by atoms with Crippen molar-refractivity contribution >= 4 is 0 Å². The van der Waals surface area contributed by atoms with Gasteiger partial charge in [0.2, 0.25) is 11.7 Å². The molecule has 0 aliphatic heterocycles. The van der Waals surface area contributed by atoms with E-state index >= 15 is 0 Å². The largest absolute Gasteiger partial charge is 0.338 e. The van der Waals surface area contributed by atoms with Gasteiger partial charge < -0.3 is 10.3 Å². The van der Waals surface area contributed by atoms with Gasteiger partial charge in [-0.15, -0.1) is 0 Å². The van der Waals surface area contributed by atoms with Crippen LogP contribution in [0.4, 0.5) is 0 Å². The zero-order valence-electron chi connectivity index (χ0n) is 9.52. The van der Waals surface area contributed by atoms with Crippen molar-refractivity contribution in [1.29, 1.82) is 0 Å². The lowest BCUT2D eigenvalue weighted by atomic mass is 10.2. The summed E-state index contributed by atoms with van der Waals surface area (Å²) >= 11 is 0. The molecule has 3 aromatic rings. The van der Waals surface area contributed by atoms with Crippen molar-refractivity contribution in [2.24, 2.45) is 5.73 Å². The summed E-state index contributed by atoms with van der Waals surface area (Å²) < 4.78 is 6.76. The lowest BCUT2D eigenvalue weighted by Gasteiger charge is -2.02. The highest BCUT2D eigenvalue weighted by Gasteiger charge is 2.08. The Kier molecular flexibility index (Phi) is 2.62. The summed E-state index contributed by atoms with van der Waals surface area (Å²) in [5.41, 5.74) is 7.25. The predicted molar refractivity (Wildman–Crippen MR) is 64.7 cm³/mol. The molecule has 0 aliphatic carbocycles. The Labute approximate surface area is 103 Å². The maximum absolute atomic E-state index is 5.44. The number of aromatic nitrogens is 4. The molecule has 90 valence electrons. The fourth-order valence-corrected chi connectivity index (χ4v) is 1.66. The summed E-state index contributed by atoms with van der Waals surface area (Å²) in [6.07, 6.45) is 3.61. The number of benzene rings is 1. The summed E-state index contributed by atoms with van der Waals surface area (Å²) in [5.74, 6) is 0.957. The van der Waals surface area contributed by atoms with Crippen molar-refractivity contribution in [3.63, 3.8) is 0 Å². The Morgan fingerprint density at radius 1 is 1.28 bits per heavy atom. The van der Waals surface area contributed by atoms with Crippen LogP contribution < -0.4 is 5.73 Å². The number of rotatable bonds is 3. The average molecular weight is 241 g/mol. The van der Waals surface area contributed by atoms with Crippen molar-refractivity contribution in [3.8, 4) is 17.1 Å². The smallest absolute Gasteiger partial charge is 0.240 e. The number of hydrogen-bond donors (Lipinski definition) is 1. The van der Waals surface area contributed by atoms with Crippen LogP contribution in [0, 0.1) is 0 Å². The van der Waals surface area contributed by atoms with E-state index in [9.17, 15) is 0 Å². The first-order chi connectivity index (χ1) is 8.86. The zero-order chi connectivity index (χ0) is 12.4. The molecule has 0 unspecified atom stereocenters. The van der Waals surface area contributed by atoms with Gasteiger partial charge in [0.15, 0.2) is 0 Å². The van der Waals surface area contributed by atoms with E-state index in [-0.39, 0.29) is 6.54 Å². The molecular weight excluding hydrogens is 230 g/mol. The number of nitrogens with zero attached hydrogens (tertiary/aromatic N) is 4. The van der Waals surface area contributed by atoms with Gasteiger partial charge in [-0.1, -0.05) is 17.3 Å². The number of hydrogen-bond acceptors (Lipinski definition) is 5. The van der Waals surface area contributed by atoms with Gasteiger partial charge >= 0.3 is 0 Å². The Morgan fingerprint density at radius 3 is 2.94 bits per heavy atom. The normalized spacial score (nSPS) is 10.7. The second-order valence-corrected chi connectivity index (χ2v) is 3.72. The third-order valence-electron chi connectivity index (χ3n) is 2.52. The zero-order valence-corrected chi connectivity index (χ0v) is 9.52. The lowest BCUT2D eigenvalue weighted by molar-refractivity contribution is 0.380. The van der Waals surface area contributed by atoms with Crippen LogP contribution in [0.2, 0.25) is 0 Å². The summed E-state index contributed by atoms with van der Waals surface area (Å²) in [5, 5.41) is 8.06. The van der Waals surface area contributed by atoms with Crippen LogP contribution in [-0.4, -0.2) is 19.9 Å². The molecule has 1 aromatic carbocycles. The molecule has 6 heteroatoms. The molecule has 2 aromatic heterocycles. The summed E-state index contributed by atoms with van der Waals surface area (Å²) in [6.45, 7) is 0.242. The molecule has 3 rings (SSSR count). The molecule has 0 saturated carbocycles. The molecule has 2 heterocycles. The minimum atomic E-state index is 0.242. The van der Waals surface area contributed by atoms with Gasteiger partial charge in [0.25, 0.3) is 0 Å². The highest BCUT2D eigenvalue weighted by molar-refractivity contribution is 5.58. The van der Waals surface area contributed by atoms with Gasteiger partial charge in [0.05, 0.1) is 12.2 Å². The summed E-state index contributed by atoms with van der Waals surface area (Å²) in [7, 11) is 0. The first-order valence-corrected chi connectivity index (χ1v) is 5.50. The van der Waals surface area contributed by atoms with Crippen LogP contribution in [0.5, 0.6) is 0 Å². The Bertz CT molecular complexity index is 644. The molecular formula is C12H11N5O. The first kappa shape index (κ1) is 10.7. The average Bonchev–Trinajstić information content (AvgIpc) is 3.10. The Balaban J connectivity index is 2.00. The van der Waals surface area contributed by atoms with Gasteiger partial charge in [0, 0.05) is 18.0 Å². The Morgan fingerprint density at radius 2 is 2.22 bits per heavy atom. The molecule has 0 amide bonds. The van der Waals surface area contributed by atoms with E-state index in [4.69, 9.17) is 10.3 Å². The summed E-state index contributed by atoms with van der Waals surface area (Å²) in [4.78, 5) is 4.19. The van der Waals surface area contributed by atoms with E-state index < -0.39 is 0 Å². The van der Waals surface area contributed by atoms with Gasteiger partial charge in [0.1, 0.15) is 0 Å². The third-order valence-corrected chi connectivity index (χ3v) is 2.52. The minimum absolute atomic E-state index is 0.242. The molecule has 0 aliphatic rings. The second-order valence-electron chi connectivity index (χ2n) is 3.72. The van der Waals surface area contributed by atoms with E-state index in [1.54, 1.807) is 10.9 Å². The molecule has 0 saturated heterocycles. The second kappa shape index (κ2) is 4.42. The predicted octanol–water partition coefficient (Wildman–Crippen LogP) is 1.38. The highest BCUT2D eigenvalue weighted by atomic mass is 16.5. The van der Waals surface area contributed by atoms with Crippen molar-refractivity contribution in [2.75, 3.05) is 0 Å². The van der Waals surface area contributed by atoms with E-state index in [0.717, 1.165) is 11.3 Å². The van der Waals surface area contributed by atoms with Crippen LogP contribution in [0.3, 0.4) is 0 Å². The van der Waals surface area contributed by atoms with Gasteiger partial charge in [-0.25, -0.2) is 4.68 Å². The lowest BCUT2D eigenvalue weighted by Crippen LogP contribution is -1.96. The van der Waals surface area contributed by atoms with Crippen molar-refractivity contribution < 1.29 is 4.52 Å². The number of nitrogens with two attached hydrogens (primary N) is 1. The van der Waals surface area contributed by atoms with Crippen molar-refractivity contribution in [3.05, 3.63) is 48.6 Å². The van der Waals surface area contributed by atoms with Crippen LogP contribution >= 0.6 is 0 Å². The standard InChI is InChI=1S/C12H11N5O/c13-8-11-15-12(16-18-11)9-3-1-4-10(7-9)17-6-2-5-14-17/h1-7H,8,13H2. The molecule has 2 N–H and O–H groups in total. The van der Waals surface area contributed by atoms with Crippen LogP contribution in [0.25, 0.3) is 17.1 Å². The molecule has 0 spiro atoms. The summed E-state index contributed by atoms with van der Waals surface area (Å²) in [6, 6.07) is 9.61. The van der Waals surface area contributed by atoms with Crippen LogP contribution in [0.15, 0.2) is 47.2 Å². The van der Waals surface area contributed by atoms with Gasteiger partial charge in [-0.2, -0.15) is 10.1 Å². The van der Waals surface area contributed by atoms with E-state index in [1.165, 1.54) is 0 Å². The minimum Gasteiger partial charge on any atom is -0.338 e.